The summed E-state index contributed by atoms with van der Waals surface area (Å²) in [6.07, 6.45) is 3.57. The molecule has 33 heavy (non-hydrogen) atoms. The second-order valence-electron chi connectivity index (χ2n) is 8.54. The molecule has 3 atom stereocenters. The number of halogens is 2. The quantitative estimate of drug-likeness (QED) is 0.491. The van der Waals surface area contributed by atoms with Crippen LogP contribution in [0.15, 0.2) is 42.7 Å². The highest BCUT2D eigenvalue weighted by Crippen LogP contribution is 2.40. The van der Waals surface area contributed by atoms with Gasteiger partial charge in [0.25, 0.3) is 0 Å². The van der Waals surface area contributed by atoms with Crippen LogP contribution in [0.3, 0.4) is 0 Å². The van der Waals surface area contributed by atoms with Gasteiger partial charge < -0.3 is 15.3 Å². The third kappa shape index (κ3) is 3.48. The van der Waals surface area contributed by atoms with Crippen molar-refractivity contribution >= 4 is 11.5 Å². The van der Waals surface area contributed by atoms with Gasteiger partial charge in [-0.05, 0) is 43.3 Å². The number of alkyl halides is 1. The van der Waals surface area contributed by atoms with Gasteiger partial charge in [0.05, 0.1) is 31.0 Å². The molecule has 2 aliphatic rings. The lowest BCUT2D eigenvalue weighted by atomic mass is 10.0. The highest BCUT2D eigenvalue weighted by atomic mass is 19.1. The normalized spacial score (nSPS) is 23.1. The minimum absolute atomic E-state index is 0.0667. The fourth-order valence-corrected chi connectivity index (χ4v) is 4.75. The van der Waals surface area contributed by atoms with Crippen molar-refractivity contribution in [1.29, 1.82) is 0 Å². The summed E-state index contributed by atoms with van der Waals surface area (Å²) in [4.78, 5) is 6.17. The zero-order valence-corrected chi connectivity index (χ0v) is 17.6. The van der Waals surface area contributed by atoms with Crippen LogP contribution in [0.4, 0.5) is 14.6 Å². The maximum Gasteiger partial charge on any atom is 0.154 e. The summed E-state index contributed by atoms with van der Waals surface area (Å²) in [7, 11) is 0. The Bertz CT molecular complexity index is 1310. The summed E-state index contributed by atoms with van der Waals surface area (Å²) >= 11 is 0. The van der Waals surface area contributed by atoms with Crippen LogP contribution in [0, 0.1) is 5.82 Å². The van der Waals surface area contributed by atoms with Crippen LogP contribution >= 0.6 is 0 Å². The van der Waals surface area contributed by atoms with Gasteiger partial charge in [0.2, 0.25) is 0 Å². The molecule has 0 aliphatic carbocycles. The van der Waals surface area contributed by atoms with E-state index in [-0.39, 0.29) is 24.8 Å². The highest BCUT2D eigenvalue weighted by molar-refractivity contribution is 5.60. The number of anilines is 1. The number of phenols is 1. The van der Waals surface area contributed by atoms with Crippen molar-refractivity contribution in [2.45, 2.75) is 31.1 Å². The Morgan fingerprint density at radius 3 is 2.94 bits per heavy atom. The monoisotopic (exact) mass is 452 g/mol. The maximum absolute atomic E-state index is 14.5. The lowest BCUT2D eigenvalue weighted by molar-refractivity contribution is 0.355. The molecule has 0 amide bonds. The number of phenolic OH excluding ortho intramolecular Hbond substituents is 1. The van der Waals surface area contributed by atoms with E-state index in [1.165, 1.54) is 18.2 Å². The van der Waals surface area contributed by atoms with E-state index in [2.05, 4.69) is 20.6 Å². The van der Waals surface area contributed by atoms with Gasteiger partial charge in [-0.1, -0.05) is 5.21 Å². The van der Waals surface area contributed by atoms with Gasteiger partial charge >= 0.3 is 0 Å². The number of nitrogens with one attached hydrogen (secondary N) is 1. The summed E-state index contributed by atoms with van der Waals surface area (Å²) in [5, 5.41) is 26.9. The van der Waals surface area contributed by atoms with E-state index >= 15 is 0 Å². The molecule has 11 heteroatoms. The molecule has 0 bridgehead atoms. The molecule has 3 aromatic heterocycles. The van der Waals surface area contributed by atoms with Crippen molar-refractivity contribution in [2.75, 3.05) is 24.5 Å². The van der Waals surface area contributed by atoms with Gasteiger partial charge in [0.1, 0.15) is 34.9 Å². The summed E-state index contributed by atoms with van der Waals surface area (Å²) in [6.45, 7) is 1.90. The van der Waals surface area contributed by atoms with Crippen LogP contribution in [-0.4, -0.2) is 60.5 Å². The molecular formula is C22H22F2N8O. The Morgan fingerprint density at radius 1 is 1.18 bits per heavy atom. The molecule has 170 valence electrons. The number of imidazole rings is 1. The molecule has 2 aliphatic heterocycles. The first-order valence-electron chi connectivity index (χ1n) is 10.9. The van der Waals surface area contributed by atoms with E-state index in [1.807, 2.05) is 10.9 Å². The second-order valence-corrected chi connectivity index (χ2v) is 8.54. The zero-order chi connectivity index (χ0) is 22.5. The van der Waals surface area contributed by atoms with E-state index in [9.17, 15) is 13.9 Å². The Kier molecular flexibility index (Phi) is 4.72. The average Bonchev–Trinajstić information content (AvgIpc) is 3.60. The first-order valence-corrected chi connectivity index (χ1v) is 10.9. The van der Waals surface area contributed by atoms with Crippen LogP contribution in [-0.2, 0) is 0 Å². The summed E-state index contributed by atoms with van der Waals surface area (Å²) in [5.41, 5.74) is 2.27. The van der Waals surface area contributed by atoms with E-state index in [0.717, 1.165) is 19.5 Å². The number of aromatic hydroxyl groups is 1. The molecule has 2 fully saturated rings. The molecule has 2 N–H and O–H groups in total. The van der Waals surface area contributed by atoms with E-state index in [1.54, 1.807) is 27.7 Å². The Hall–Kier alpha value is -3.60. The maximum atomic E-state index is 14.5. The topological polar surface area (TPSA) is 96.4 Å². The summed E-state index contributed by atoms with van der Waals surface area (Å²) < 4.78 is 31.9. The average molecular weight is 452 g/mol. The number of hydrogen-bond acceptors (Lipinski definition) is 7. The number of rotatable bonds is 4. The van der Waals surface area contributed by atoms with Gasteiger partial charge in [0.15, 0.2) is 5.65 Å². The largest absolute Gasteiger partial charge is 0.508 e. The Labute approximate surface area is 187 Å². The van der Waals surface area contributed by atoms with Crippen molar-refractivity contribution in [1.82, 2.24) is 34.9 Å². The van der Waals surface area contributed by atoms with Crippen LogP contribution in [0.2, 0.25) is 0 Å². The first-order chi connectivity index (χ1) is 16.1. The molecule has 6 rings (SSSR count). The van der Waals surface area contributed by atoms with Crippen molar-refractivity contribution in [3.63, 3.8) is 0 Å². The highest BCUT2D eigenvalue weighted by Gasteiger charge is 2.36. The molecule has 9 nitrogen and oxygen atoms in total. The van der Waals surface area contributed by atoms with E-state index in [4.69, 9.17) is 5.10 Å². The Balaban J connectivity index is 1.38. The summed E-state index contributed by atoms with van der Waals surface area (Å²) in [6, 6.07) is 7.01. The molecule has 2 saturated heterocycles. The zero-order valence-electron chi connectivity index (χ0n) is 17.6. The first kappa shape index (κ1) is 20.0. The number of aromatic nitrogens is 6. The summed E-state index contributed by atoms with van der Waals surface area (Å²) in [5.74, 6) is -0.0447. The number of hydrogen-bond donors (Lipinski definition) is 2. The number of fused-ring (bicyclic) bond motifs is 1. The molecule has 1 unspecified atom stereocenters. The third-order valence-electron chi connectivity index (χ3n) is 6.42. The molecule has 0 saturated carbocycles. The van der Waals surface area contributed by atoms with Crippen LogP contribution in [0.1, 0.15) is 30.5 Å². The molecule has 0 spiro atoms. The molecule has 1 aromatic carbocycles. The van der Waals surface area contributed by atoms with Crippen LogP contribution < -0.4 is 10.2 Å². The fraction of sp³-hybridized carbons (Fsp3) is 0.364. The minimum atomic E-state index is -1.13. The van der Waals surface area contributed by atoms with E-state index in [0.29, 0.717) is 28.4 Å². The van der Waals surface area contributed by atoms with E-state index < -0.39 is 18.0 Å². The molecule has 0 radical (unpaired) electrons. The number of benzene rings is 1. The second kappa shape index (κ2) is 7.77. The smallest absolute Gasteiger partial charge is 0.154 e. The fourth-order valence-electron chi connectivity index (χ4n) is 4.75. The van der Waals surface area contributed by atoms with Gasteiger partial charge in [-0.25, -0.2) is 23.0 Å². The lowest BCUT2D eigenvalue weighted by Crippen LogP contribution is -2.25. The SMILES string of the molecule is Oc1ccc(F)cc1[C@H]1C[C@H](F)CN1c1ccc2ncc(-c3cn(C4CCNC4)nn3)n2n1. The third-order valence-corrected chi connectivity index (χ3v) is 6.42. The van der Waals surface area contributed by atoms with Crippen LogP contribution in [0.25, 0.3) is 17.0 Å². The van der Waals surface area contributed by atoms with Crippen LogP contribution in [0.5, 0.6) is 5.75 Å². The van der Waals surface area contributed by atoms with Gasteiger partial charge in [-0.3, -0.25) is 0 Å². The lowest BCUT2D eigenvalue weighted by Gasteiger charge is -2.26. The number of nitrogens with zero attached hydrogens (tertiary/aromatic N) is 7. The molecule has 4 aromatic rings. The Morgan fingerprint density at radius 2 is 2.09 bits per heavy atom. The van der Waals surface area contributed by atoms with Gasteiger partial charge in [-0.2, -0.15) is 0 Å². The predicted octanol–water partition coefficient (Wildman–Crippen LogP) is 2.66. The van der Waals surface area contributed by atoms with Gasteiger partial charge in [-0.15, -0.1) is 10.2 Å². The predicted molar refractivity (Wildman–Crippen MR) is 116 cm³/mol. The molecular weight excluding hydrogens is 430 g/mol. The standard InChI is InChI=1S/C22H22F2N8O/c23-13-1-2-20(33)16(7-13)18-8-14(24)11-30(18)22-4-3-21-26-10-19(32(21)28-22)17-12-31(29-27-17)15-5-6-25-9-15/h1-4,7,10,12,14-15,18,25,33H,5-6,8-9,11H2/t14-,15?,18+/m0/s1. The van der Waals surface area contributed by atoms with Crippen molar-refractivity contribution < 1.29 is 13.9 Å². The van der Waals surface area contributed by atoms with Gasteiger partial charge in [0, 0.05) is 18.5 Å². The molecule has 5 heterocycles. The van der Waals surface area contributed by atoms with Crippen molar-refractivity contribution in [2.24, 2.45) is 0 Å². The minimum Gasteiger partial charge on any atom is -0.508 e. The van der Waals surface area contributed by atoms with Crippen molar-refractivity contribution in [3.8, 4) is 17.1 Å². The van der Waals surface area contributed by atoms with Crippen molar-refractivity contribution in [3.05, 3.63) is 54.1 Å².